The lowest BCUT2D eigenvalue weighted by atomic mass is 10.0. The van der Waals surface area contributed by atoms with E-state index in [1.807, 2.05) is 0 Å². The van der Waals surface area contributed by atoms with Crippen molar-refractivity contribution in [3.63, 3.8) is 0 Å². The predicted octanol–water partition coefficient (Wildman–Crippen LogP) is 0.287. The number of ether oxygens (including phenoxy) is 1. The number of thiocarbonyl (C=S) groups is 1. The third kappa shape index (κ3) is 1.89. The molecule has 0 radical (unpaired) electrons. The van der Waals surface area contributed by atoms with Gasteiger partial charge in [-0.15, -0.1) is 0 Å². The number of hydrogen-bond donors (Lipinski definition) is 1. The zero-order chi connectivity index (χ0) is 10.0. The number of hydrogen-bond acceptors (Lipinski definition) is 4. The van der Waals surface area contributed by atoms with E-state index < -0.39 is 17.9 Å². The minimum atomic E-state index is -0.724. The summed E-state index contributed by atoms with van der Waals surface area (Å²) in [6.45, 7) is 1.56. The Kier molecular flexibility index (Phi) is 2.72. The van der Waals surface area contributed by atoms with Crippen molar-refractivity contribution in [2.45, 2.75) is 6.92 Å². The summed E-state index contributed by atoms with van der Waals surface area (Å²) in [5.41, 5.74) is 0.362. The number of rotatable bonds is 1. The molecule has 1 rings (SSSR count). The molecule has 0 spiro atoms. The van der Waals surface area contributed by atoms with Crippen molar-refractivity contribution in [1.29, 1.82) is 0 Å². The number of amides is 2. The summed E-state index contributed by atoms with van der Waals surface area (Å²) in [5.74, 6) is -1.23. The summed E-state index contributed by atoms with van der Waals surface area (Å²) in [6, 6.07) is -0.539. The maximum absolute atomic E-state index is 11.2. The topological polar surface area (TPSA) is 67.8 Å². The smallest absolute Gasteiger partial charge is 0.345 e. The summed E-state index contributed by atoms with van der Waals surface area (Å²) >= 11 is 4.81. The van der Waals surface area contributed by atoms with Gasteiger partial charge in [-0.05, 0) is 6.92 Å². The Balaban J connectivity index is 2.96. The third-order valence-corrected chi connectivity index (χ3v) is 1.96. The van der Waals surface area contributed by atoms with Crippen LogP contribution in [0.1, 0.15) is 6.92 Å². The molecule has 0 aromatic heterocycles. The van der Waals surface area contributed by atoms with Gasteiger partial charge in [0.15, 0.2) is 0 Å². The summed E-state index contributed by atoms with van der Waals surface area (Å²) in [6.07, 6.45) is 0. The molecule has 0 aromatic rings. The molecule has 5 nitrogen and oxygen atoms in total. The van der Waals surface area contributed by atoms with Gasteiger partial charge in [-0.2, -0.15) is 0 Å². The molecule has 70 valence electrons. The third-order valence-electron chi connectivity index (χ3n) is 1.62. The fraction of sp³-hybridized carbons (Fsp3) is 0.429. The highest BCUT2D eigenvalue weighted by atomic mass is 32.1. The molecular formula is C7H8N2O3S. The van der Waals surface area contributed by atoms with Crippen LogP contribution in [0.3, 0.4) is 0 Å². The lowest BCUT2D eigenvalue weighted by molar-refractivity contribution is -0.141. The molecule has 13 heavy (non-hydrogen) atoms. The number of nitrogens with zero attached hydrogens (tertiary/aromatic N) is 1. The number of carbonyl (C=O) groups excluding carboxylic acids is 2. The fourth-order valence-electron chi connectivity index (χ4n) is 1.02. The van der Waals surface area contributed by atoms with Gasteiger partial charge >= 0.3 is 12.0 Å². The maximum atomic E-state index is 11.2. The van der Waals surface area contributed by atoms with Gasteiger partial charge in [0.05, 0.1) is 7.11 Å². The van der Waals surface area contributed by atoms with Gasteiger partial charge in [0.1, 0.15) is 10.9 Å². The van der Waals surface area contributed by atoms with E-state index in [1.165, 1.54) is 7.11 Å². The number of carbonyl (C=O) groups is 2. The van der Waals surface area contributed by atoms with Gasteiger partial charge in [0.2, 0.25) is 0 Å². The zero-order valence-electron chi connectivity index (χ0n) is 7.16. The van der Waals surface area contributed by atoms with Gasteiger partial charge < -0.3 is 4.74 Å². The second kappa shape index (κ2) is 3.61. The summed E-state index contributed by atoms with van der Waals surface area (Å²) < 4.78 is 4.51. The zero-order valence-corrected chi connectivity index (χ0v) is 7.97. The summed E-state index contributed by atoms with van der Waals surface area (Å²) in [4.78, 5) is 25.7. The molecule has 1 atom stereocenters. The van der Waals surface area contributed by atoms with Crippen LogP contribution in [0.15, 0.2) is 4.99 Å². The van der Waals surface area contributed by atoms with E-state index in [4.69, 9.17) is 12.2 Å². The van der Waals surface area contributed by atoms with Crippen LogP contribution < -0.4 is 5.32 Å². The molecule has 1 N–H and O–H groups in total. The lowest BCUT2D eigenvalue weighted by Gasteiger charge is -2.19. The molecule has 0 fully saturated rings. The average molecular weight is 200 g/mol. The first-order chi connectivity index (χ1) is 6.06. The monoisotopic (exact) mass is 200 g/mol. The van der Waals surface area contributed by atoms with E-state index in [-0.39, 0.29) is 4.99 Å². The highest BCUT2D eigenvalue weighted by Gasteiger charge is 2.32. The number of esters is 1. The Hall–Kier alpha value is -1.30. The Morgan fingerprint density at radius 1 is 1.69 bits per heavy atom. The maximum Gasteiger partial charge on any atom is 0.345 e. The van der Waals surface area contributed by atoms with Gasteiger partial charge in [-0.25, -0.2) is 9.79 Å². The van der Waals surface area contributed by atoms with E-state index in [0.717, 1.165) is 0 Å². The standard InChI is InChI=1S/C7H8N2O3S/c1-3-4(6(10)12-2)5(13)9-7(11)8-3/h4H,1-2H3,(H,9,11,13). The largest absolute Gasteiger partial charge is 0.468 e. The van der Waals surface area contributed by atoms with Crippen molar-refractivity contribution in [3.8, 4) is 0 Å². The van der Waals surface area contributed by atoms with Crippen molar-refractivity contribution in [1.82, 2.24) is 5.32 Å². The molecule has 0 bridgehead atoms. The van der Waals surface area contributed by atoms with Crippen molar-refractivity contribution < 1.29 is 14.3 Å². The SMILES string of the molecule is COC(=O)C1C(=S)NC(=O)N=C1C. The average Bonchev–Trinajstić information content (AvgIpc) is 2.02. The molecule has 1 aliphatic heterocycles. The first kappa shape index (κ1) is 9.79. The molecule has 1 heterocycles. The molecule has 2 amide bonds. The number of methoxy groups -OCH3 is 1. The van der Waals surface area contributed by atoms with Gasteiger partial charge in [-0.3, -0.25) is 10.1 Å². The molecule has 0 aliphatic carbocycles. The normalized spacial score (nSPS) is 22.0. The Bertz CT molecular complexity index is 311. The van der Waals surface area contributed by atoms with Crippen molar-refractivity contribution in [2.24, 2.45) is 10.9 Å². The number of aliphatic imine (C=N–C) groups is 1. The quantitative estimate of drug-likeness (QED) is 0.488. The molecule has 0 aromatic carbocycles. The fourth-order valence-corrected chi connectivity index (χ4v) is 1.37. The predicted molar refractivity (Wildman–Crippen MR) is 49.7 cm³/mol. The van der Waals surface area contributed by atoms with Crippen LogP contribution in [-0.2, 0) is 9.53 Å². The van der Waals surface area contributed by atoms with Crippen LogP contribution in [0.2, 0.25) is 0 Å². The minimum Gasteiger partial charge on any atom is -0.468 e. The number of urea groups is 1. The van der Waals surface area contributed by atoms with Crippen LogP contribution in [0.25, 0.3) is 0 Å². The van der Waals surface area contributed by atoms with E-state index in [2.05, 4.69) is 15.0 Å². The van der Waals surface area contributed by atoms with Crippen molar-refractivity contribution in [3.05, 3.63) is 0 Å². The first-order valence-corrected chi connectivity index (χ1v) is 3.95. The summed E-state index contributed by atoms with van der Waals surface area (Å²) in [7, 11) is 1.26. The molecule has 0 saturated heterocycles. The minimum absolute atomic E-state index is 0.143. The molecule has 0 saturated carbocycles. The highest BCUT2D eigenvalue weighted by Crippen LogP contribution is 2.09. The lowest BCUT2D eigenvalue weighted by Crippen LogP contribution is -2.45. The van der Waals surface area contributed by atoms with Crippen molar-refractivity contribution in [2.75, 3.05) is 7.11 Å². The van der Waals surface area contributed by atoms with Crippen LogP contribution in [-0.4, -0.2) is 29.8 Å². The molecule has 1 unspecified atom stereocenters. The summed E-state index contributed by atoms with van der Waals surface area (Å²) in [5, 5.41) is 2.28. The Morgan fingerprint density at radius 2 is 2.31 bits per heavy atom. The molecular weight excluding hydrogens is 192 g/mol. The van der Waals surface area contributed by atoms with Gasteiger partial charge in [0, 0.05) is 5.71 Å². The second-order valence-corrected chi connectivity index (χ2v) is 2.94. The van der Waals surface area contributed by atoms with E-state index in [1.54, 1.807) is 6.92 Å². The van der Waals surface area contributed by atoms with Gasteiger partial charge in [-0.1, -0.05) is 12.2 Å². The van der Waals surface area contributed by atoms with Crippen LogP contribution in [0.4, 0.5) is 4.79 Å². The number of nitrogens with one attached hydrogen (secondary N) is 1. The van der Waals surface area contributed by atoms with Crippen LogP contribution >= 0.6 is 12.2 Å². The second-order valence-electron chi connectivity index (χ2n) is 2.50. The van der Waals surface area contributed by atoms with Crippen LogP contribution in [0.5, 0.6) is 0 Å². The first-order valence-electron chi connectivity index (χ1n) is 3.54. The highest BCUT2D eigenvalue weighted by molar-refractivity contribution is 7.80. The van der Waals surface area contributed by atoms with E-state index in [9.17, 15) is 9.59 Å². The van der Waals surface area contributed by atoms with Gasteiger partial charge in [0.25, 0.3) is 0 Å². The molecule has 1 aliphatic rings. The van der Waals surface area contributed by atoms with E-state index in [0.29, 0.717) is 5.71 Å². The Labute approximate surface area is 80.2 Å². The van der Waals surface area contributed by atoms with E-state index >= 15 is 0 Å². The van der Waals surface area contributed by atoms with Crippen molar-refractivity contribution >= 4 is 34.9 Å². The Morgan fingerprint density at radius 3 is 2.77 bits per heavy atom. The molecule has 6 heteroatoms. The van der Waals surface area contributed by atoms with Crippen LogP contribution in [0, 0.1) is 5.92 Å².